The number of anilines is 1. The molecule has 0 radical (unpaired) electrons. The maximum atomic E-state index is 13.6. The summed E-state index contributed by atoms with van der Waals surface area (Å²) >= 11 is 1.40. The van der Waals surface area contributed by atoms with Crippen LogP contribution in [0.15, 0.2) is 30.5 Å². The molecule has 3 rings (SSSR count). The molecule has 1 fully saturated rings. The van der Waals surface area contributed by atoms with E-state index in [1.54, 1.807) is 18.3 Å². The normalized spacial score (nSPS) is 15.7. The molecule has 22 heavy (non-hydrogen) atoms. The lowest BCUT2D eigenvalue weighted by molar-refractivity contribution is -0.120. The molecule has 6 heteroatoms. The fraction of sp³-hybridized carbons (Fsp3) is 0.375. The number of aromatic nitrogens is 1. The fourth-order valence-electron chi connectivity index (χ4n) is 2.57. The molecule has 2 heterocycles. The number of amides is 1. The van der Waals surface area contributed by atoms with Gasteiger partial charge in [0.25, 0.3) is 0 Å². The van der Waals surface area contributed by atoms with E-state index in [1.807, 2.05) is 6.07 Å². The number of carbonyl (C=O) groups is 1. The van der Waals surface area contributed by atoms with Crippen LogP contribution >= 0.6 is 11.3 Å². The zero-order chi connectivity index (χ0) is 15.4. The molecule has 2 aromatic rings. The van der Waals surface area contributed by atoms with Crippen molar-refractivity contribution in [3.8, 4) is 0 Å². The number of nitrogens with zero attached hydrogens (tertiary/aromatic N) is 1. The minimum Gasteiger partial charge on any atom is -0.317 e. The summed E-state index contributed by atoms with van der Waals surface area (Å²) in [7, 11) is 0. The number of hydrogen-bond acceptors (Lipinski definition) is 4. The van der Waals surface area contributed by atoms with E-state index in [0.29, 0.717) is 17.1 Å². The summed E-state index contributed by atoms with van der Waals surface area (Å²) in [4.78, 5) is 17.3. The molecule has 1 aromatic heterocycles. The van der Waals surface area contributed by atoms with Crippen molar-refractivity contribution >= 4 is 22.4 Å². The van der Waals surface area contributed by atoms with E-state index in [1.165, 1.54) is 17.4 Å². The lowest BCUT2D eigenvalue weighted by atomic mass is 9.97. The van der Waals surface area contributed by atoms with Gasteiger partial charge in [-0.15, -0.1) is 11.3 Å². The van der Waals surface area contributed by atoms with Gasteiger partial charge in [-0.3, -0.25) is 4.79 Å². The van der Waals surface area contributed by atoms with Crippen LogP contribution in [0.1, 0.15) is 23.3 Å². The number of benzene rings is 1. The molecule has 1 saturated heterocycles. The van der Waals surface area contributed by atoms with Crippen molar-refractivity contribution in [1.82, 2.24) is 10.3 Å². The number of hydrogen-bond donors (Lipinski definition) is 2. The summed E-state index contributed by atoms with van der Waals surface area (Å²) in [5.41, 5.74) is 0.641. The molecule has 4 nitrogen and oxygen atoms in total. The molecule has 2 N–H and O–H groups in total. The molecule has 0 saturated carbocycles. The summed E-state index contributed by atoms with van der Waals surface area (Å²) in [5, 5.41) is 6.71. The summed E-state index contributed by atoms with van der Waals surface area (Å²) in [5.74, 6) is -0.121. The average Bonchev–Trinajstić information content (AvgIpc) is 2.97. The number of carbonyl (C=O) groups excluding carboxylic acids is 1. The fourth-order valence-corrected chi connectivity index (χ4v) is 3.41. The second-order valence-corrected chi connectivity index (χ2v) is 6.53. The third kappa shape index (κ3) is 3.69. The van der Waals surface area contributed by atoms with Crippen molar-refractivity contribution in [2.75, 3.05) is 18.4 Å². The monoisotopic (exact) mass is 319 g/mol. The van der Waals surface area contributed by atoms with Crippen LogP contribution in [0.2, 0.25) is 0 Å². The highest BCUT2D eigenvalue weighted by molar-refractivity contribution is 7.15. The summed E-state index contributed by atoms with van der Waals surface area (Å²) in [6.45, 7) is 1.77. The van der Waals surface area contributed by atoms with Crippen LogP contribution in [0, 0.1) is 11.7 Å². The highest BCUT2D eigenvalue weighted by Crippen LogP contribution is 2.23. The Bertz CT molecular complexity index is 652. The van der Waals surface area contributed by atoms with E-state index < -0.39 is 0 Å². The van der Waals surface area contributed by atoms with Gasteiger partial charge in [0.15, 0.2) is 5.13 Å². The average molecular weight is 319 g/mol. The van der Waals surface area contributed by atoms with Crippen LogP contribution < -0.4 is 10.6 Å². The molecule has 1 aromatic carbocycles. The first-order valence-corrected chi connectivity index (χ1v) is 8.24. The maximum Gasteiger partial charge on any atom is 0.229 e. The van der Waals surface area contributed by atoms with Gasteiger partial charge < -0.3 is 10.6 Å². The summed E-state index contributed by atoms with van der Waals surface area (Å²) in [6.07, 6.45) is 3.92. The second-order valence-electron chi connectivity index (χ2n) is 5.41. The second kappa shape index (κ2) is 6.98. The van der Waals surface area contributed by atoms with E-state index >= 15 is 0 Å². The van der Waals surface area contributed by atoms with E-state index in [9.17, 15) is 9.18 Å². The molecule has 1 aliphatic heterocycles. The van der Waals surface area contributed by atoms with Gasteiger partial charge in [-0.2, -0.15) is 0 Å². The number of rotatable bonds is 4. The number of piperidine rings is 1. The summed E-state index contributed by atoms with van der Waals surface area (Å²) < 4.78 is 13.6. The standard InChI is InChI=1S/C16H18FN3OS/c17-14-4-2-1-3-12(14)9-13-10-19-16(22-13)20-15(21)11-5-7-18-8-6-11/h1-4,10-11,18H,5-9H2,(H,19,20,21). The molecule has 1 amide bonds. The number of nitrogens with one attached hydrogen (secondary N) is 2. The molecule has 116 valence electrons. The highest BCUT2D eigenvalue weighted by Gasteiger charge is 2.21. The van der Waals surface area contributed by atoms with Crippen molar-refractivity contribution in [2.24, 2.45) is 5.92 Å². The topological polar surface area (TPSA) is 54.0 Å². The van der Waals surface area contributed by atoms with Crippen molar-refractivity contribution < 1.29 is 9.18 Å². The predicted molar refractivity (Wildman–Crippen MR) is 85.5 cm³/mol. The van der Waals surface area contributed by atoms with Crippen LogP contribution in [-0.4, -0.2) is 24.0 Å². The van der Waals surface area contributed by atoms with Crippen LogP contribution in [-0.2, 0) is 11.2 Å². The van der Waals surface area contributed by atoms with Gasteiger partial charge in [0.2, 0.25) is 5.91 Å². The van der Waals surface area contributed by atoms with Crippen LogP contribution in [0.4, 0.5) is 9.52 Å². The molecular weight excluding hydrogens is 301 g/mol. The van der Waals surface area contributed by atoms with Crippen molar-refractivity contribution in [1.29, 1.82) is 0 Å². The van der Waals surface area contributed by atoms with E-state index in [4.69, 9.17) is 0 Å². The first-order chi connectivity index (χ1) is 10.7. The van der Waals surface area contributed by atoms with Crippen molar-refractivity contribution in [3.05, 3.63) is 46.7 Å². The zero-order valence-corrected chi connectivity index (χ0v) is 13.0. The first kappa shape index (κ1) is 15.1. The molecule has 0 bridgehead atoms. The number of halogens is 1. The smallest absolute Gasteiger partial charge is 0.229 e. The SMILES string of the molecule is O=C(Nc1ncc(Cc2ccccc2F)s1)C1CCNCC1. The van der Waals surface area contributed by atoms with Crippen molar-refractivity contribution in [3.63, 3.8) is 0 Å². The Balaban J connectivity index is 1.61. The molecule has 0 aliphatic carbocycles. The lowest BCUT2D eigenvalue weighted by Crippen LogP contribution is -2.34. The van der Waals surface area contributed by atoms with Gasteiger partial charge in [-0.05, 0) is 37.6 Å². The first-order valence-electron chi connectivity index (χ1n) is 7.42. The molecule has 0 atom stereocenters. The minimum absolute atomic E-state index is 0.0355. The molecule has 0 unspecified atom stereocenters. The predicted octanol–water partition coefficient (Wildman–Crippen LogP) is 2.81. The van der Waals surface area contributed by atoms with E-state index in [0.717, 1.165) is 30.8 Å². The maximum absolute atomic E-state index is 13.6. The van der Waals surface area contributed by atoms with Gasteiger partial charge in [-0.1, -0.05) is 18.2 Å². The largest absolute Gasteiger partial charge is 0.317 e. The van der Waals surface area contributed by atoms with Crippen LogP contribution in [0.3, 0.4) is 0 Å². The lowest BCUT2D eigenvalue weighted by Gasteiger charge is -2.20. The molecular formula is C16H18FN3OS. The van der Waals surface area contributed by atoms with Crippen LogP contribution in [0.25, 0.3) is 0 Å². The third-order valence-electron chi connectivity index (χ3n) is 3.82. The Labute approximate surface area is 132 Å². The molecule has 0 spiro atoms. The summed E-state index contributed by atoms with van der Waals surface area (Å²) in [6, 6.07) is 6.72. The van der Waals surface area contributed by atoms with Gasteiger partial charge in [0.1, 0.15) is 5.82 Å². The Kier molecular flexibility index (Phi) is 4.80. The van der Waals surface area contributed by atoms with Crippen LogP contribution in [0.5, 0.6) is 0 Å². The van der Waals surface area contributed by atoms with E-state index in [2.05, 4.69) is 15.6 Å². The van der Waals surface area contributed by atoms with Crippen molar-refractivity contribution in [2.45, 2.75) is 19.3 Å². The Morgan fingerprint density at radius 1 is 1.36 bits per heavy atom. The van der Waals surface area contributed by atoms with Gasteiger partial charge in [0, 0.05) is 23.4 Å². The van der Waals surface area contributed by atoms with Gasteiger partial charge >= 0.3 is 0 Å². The quantitative estimate of drug-likeness (QED) is 0.911. The number of thiazole rings is 1. The van der Waals surface area contributed by atoms with Gasteiger partial charge in [-0.25, -0.2) is 9.37 Å². The van der Waals surface area contributed by atoms with Gasteiger partial charge in [0.05, 0.1) is 0 Å². The Morgan fingerprint density at radius 2 is 2.14 bits per heavy atom. The zero-order valence-electron chi connectivity index (χ0n) is 12.1. The third-order valence-corrected chi connectivity index (χ3v) is 4.73. The highest BCUT2D eigenvalue weighted by atomic mass is 32.1. The Hall–Kier alpha value is -1.79. The molecule has 1 aliphatic rings. The Morgan fingerprint density at radius 3 is 2.91 bits per heavy atom. The van der Waals surface area contributed by atoms with E-state index in [-0.39, 0.29) is 17.6 Å². The minimum atomic E-state index is -0.212.